The van der Waals surface area contributed by atoms with Crippen LogP contribution >= 0.6 is 27.5 Å². The standard InChI is InChI=1S/C19H19BrClN3O3/c20-14-6-4-13(5-7-14)19(26)22-12-17(25)23-16-3-1-2-15(21)18(16)24-8-10-27-11-9-24/h1-7H,8-12H2,(H,22,26)(H,23,25). The molecular formula is C19H19BrClN3O3. The Bertz CT molecular complexity index is 823. The van der Waals surface area contributed by atoms with Crippen molar-refractivity contribution in [2.75, 3.05) is 43.1 Å². The molecule has 0 unspecified atom stereocenters. The first-order chi connectivity index (χ1) is 13.0. The van der Waals surface area contributed by atoms with E-state index in [4.69, 9.17) is 16.3 Å². The maximum Gasteiger partial charge on any atom is 0.251 e. The highest BCUT2D eigenvalue weighted by atomic mass is 79.9. The lowest BCUT2D eigenvalue weighted by molar-refractivity contribution is -0.115. The quantitative estimate of drug-likeness (QED) is 0.730. The minimum Gasteiger partial charge on any atom is -0.378 e. The molecule has 2 aromatic rings. The predicted molar refractivity (Wildman–Crippen MR) is 110 cm³/mol. The SMILES string of the molecule is O=C(CNC(=O)c1ccc(Br)cc1)Nc1cccc(Cl)c1N1CCOCC1. The Kier molecular flexibility index (Phi) is 6.71. The number of nitrogens with zero attached hydrogens (tertiary/aromatic N) is 1. The smallest absolute Gasteiger partial charge is 0.251 e. The van der Waals surface area contributed by atoms with E-state index < -0.39 is 0 Å². The normalized spacial score (nSPS) is 13.9. The summed E-state index contributed by atoms with van der Waals surface area (Å²) in [6.07, 6.45) is 0. The molecule has 2 aromatic carbocycles. The van der Waals surface area contributed by atoms with Crippen LogP contribution < -0.4 is 15.5 Å². The molecule has 1 heterocycles. The van der Waals surface area contributed by atoms with Gasteiger partial charge in [-0.15, -0.1) is 0 Å². The Morgan fingerprint density at radius 2 is 1.81 bits per heavy atom. The average molecular weight is 453 g/mol. The Morgan fingerprint density at radius 1 is 1.11 bits per heavy atom. The number of benzene rings is 2. The fourth-order valence-electron chi connectivity index (χ4n) is 2.78. The highest BCUT2D eigenvalue weighted by molar-refractivity contribution is 9.10. The summed E-state index contributed by atoms with van der Waals surface area (Å²) in [6, 6.07) is 12.3. The summed E-state index contributed by atoms with van der Waals surface area (Å²) in [5.74, 6) is -0.630. The van der Waals surface area contributed by atoms with E-state index in [1.807, 2.05) is 0 Å². The summed E-state index contributed by atoms with van der Waals surface area (Å²) in [6.45, 7) is 2.49. The summed E-state index contributed by atoms with van der Waals surface area (Å²) in [5.41, 5.74) is 1.88. The Morgan fingerprint density at radius 3 is 2.52 bits per heavy atom. The van der Waals surface area contributed by atoms with Crippen molar-refractivity contribution in [1.29, 1.82) is 0 Å². The van der Waals surface area contributed by atoms with Crippen molar-refractivity contribution in [1.82, 2.24) is 5.32 Å². The second-order valence-electron chi connectivity index (χ2n) is 5.97. The third-order valence-corrected chi connectivity index (χ3v) is 4.94. The molecule has 0 radical (unpaired) electrons. The van der Waals surface area contributed by atoms with Gasteiger partial charge in [0.15, 0.2) is 0 Å². The summed E-state index contributed by atoms with van der Waals surface area (Å²) in [5, 5.41) is 6.02. The number of para-hydroxylation sites is 1. The van der Waals surface area contributed by atoms with Crippen LogP contribution in [0.4, 0.5) is 11.4 Å². The molecule has 6 nitrogen and oxygen atoms in total. The van der Waals surface area contributed by atoms with Crippen LogP contribution in [-0.4, -0.2) is 44.7 Å². The molecule has 0 bridgehead atoms. The van der Waals surface area contributed by atoms with Gasteiger partial charge in [-0.1, -0.05) is 33.6 Å². The van der Waals surface area contributed by atoms with Crippen molar-refractivity contribution in [3.05, 3.63) is 57.5 Å². The molecule has 3 rings (SSSR count). The zero-order chi connectivity index (χ0) is 19.2. The lowest BCUT2D eigenvalue weighted by atomic mass is 10.2. The average Bonchev–Trinajstić information content (AvgIpc) is 2.67. The number of rotatable bonds is 5. The minimum absolute atomic E-state index is 0.135. The van der Waals surface area contributed by atoms with Gasteiger partial charge in [-0.05, 0) is 36.4 Å². The van der Waals surface area contributed by atoms with Gasteiger partial charge in [0.25, 0.3) is 5.91 Å². The number of hydrogen-bond acceptors (Lipinski definition) is 4. The lowest BCUT2D eigenvalue weighted by Gasteiger charge is -2.31. The van der Waals surface area contributed by atoms with E-state index in [9.17, 15) is 9.59 Å². The van der Waals surface area contributed by atoms with Crippen LogP contribution in [0.25, 0.3) is 0 Å². The Balaban J connectivity index is 1.63. The van der Waals surface area contributed by atoms with E-state index in [2.05, 4.69) is 31.5 Å². The third kappa shape index (κ3) is 5.22. The van der Waals surface area contributed by atoms with Crippen molar-refractivity contribution in [2.24, 2.45) is 0 Å². The summed E-state index contributed by atoms with van der Waals surface area (Å²) >= 11 is 9.68. The van der Waals surface area contributed by atoms with Crippen molar-refractivity contribution in [3.63, 3.8) is 0 Å². The molecule has 1 saturated heterocycles. The van der Waals surface area contributed by atoms with Gasteiger partial charge in [0.05, 0.1) is 36.2 Å². The van der Waals surface area contributed by atoms with E-state index in [1.165, 1.54) is 0 Å². The van der Waals surface area contributed by atoms with Crippen LogP contribution in [0.15, 0.2) is 46.9 Å². The van der Waals surface area contributed by atoms with Gasteiger partial charge in [-0.3, -0.25) is 9.59 Å². The van der Waals surface area contributed by atoms with E-state index in [-0.39, 0.29) is 18.4 Å². The number of ether oxygens (including phenoxy) is 1. The summed E-state index contributed by atoms with van der Waals surface area (Å²) < 4.78 is 6.26. The molecule has 0 saturated carbocycles. The maximum atomic E-state index is 12.3. The van der Waals surface area contributed by atoms with E-state index in [0.29, 0.717) is 42.6 Å². The second-order valence-corrected chi connectivity index (χ2v) is 7.30. The summed E-state index contributed by atoms with van der Waals surface area (Å²) in [4.78, 5) is 26.5. The van der Waals surface area contributed by atoms with Crippen LogP contribution in [0.5, 0.6) is 0 Å². The van der Waals surface area contributed by atoms with Gasteiger partial charge >= 0.3 is 0 Å². The molecule has 2 amide bonds. The van der Waals surface area contributed by atoms with Gasteiger partial charge in [0.2, 0.25) is 5.91 Å². The second kappa shape index (κ2) is 9.21. The minimum atomic E-state index is -0.322. The van der Waals surface area contributed by atoms with Crippen molar-refractivity contribution in [2.45, 2.75) is 0 Å². The molecule has 1 aliphatic heterocycles. The Hall–Kier alpha value is -2.09. The third-order valence-electron chi connectivity index (χ3n) is 4.10. The topological polar surface area (TPSA) is 70.7 Å². The van der Waals surface area contributed by atoms with Gasteiger partial charge in [0.1, 0.15) is 0 Å². The highest BCUT2D eigenvalue weighted by Crippen LogP contribution is 2.34. The number of carbonyl (C=O) groups excluding carboxylic acids is 2. The van der Waals surface area contributed by atoms with E-state index >= 15 is 0 Å². The predicted octanol–water partition coefficient (Wildman–Crippen LogP) is 3.31. The van der Waals surface area contributed by atoms with E-state index in [0.717, 1.165) is 10.2 Å². The molecule has 8 heteroatoms. The first-order valence-corrected chi connectivity index (χ1v) is 9.66. The molecule has 2 N–H and O–H groups in total. The molecule has 0 aromatic heterocycles. The maximum absolute atomic E-state index is 12.3. The molecule has 0 atom stereocenters. The monoisotopic (exact) mass is 451 g/mol. The molecule has 1 aliphatic rings. The Labute approximate surface area is 171 Å². The number of carbonyl (C=O) groups is 2. The van der Waals surface area contributed by atoms with Gasteiger partial charge in [-0.25, -0.2) is 0 Å². The number of nitrogens with one attached hydrogen (secondary N) is 2. The van der Waals surface area contributed by atoms with Gasteiger partial charge < -0.3 is 20.3 Å². The number of halogens is 2. The van der Waals surface area contributed by atoms with E-state index in [1.54, 1.807) is 42.5 Å². The van der Waals surface area contributed by atoms with Crippen molar-refractivity contribution >= 4 is 50.7 Å². The fourth-order valence-corrected chi connectivity index (χ4v) is 3.34. The number of hydrogen-bond donors (Lipinski definition) is 2. The van der Waals surface area contributed by atoms with Crippen LogP contribution in [0.2, 0.25) is 5.02 Å². The molecular weight excluding hydrogens is 434 g/mol. The van der Waals surface area contributed by atoms with Crippen molar-refractivity contribution < 1.29 is 14.3 Å². The fraction of sp³-hybridized carbons (Fsp3) is 0.263. The molecule has 1 fully saturated rings. The molecule has 0 aliphatic carbocycles. The van der Waals surface area contributed by atoms with Crippen LogP contribution in [0, 0.1) is 0 Å². The highest BCUT2D eigenvalue weighted by Gasteiger charge is 2.19. The first kappa shape index (κ1) is 19.7. The van der Waals surface area contributed by atoms with Crippen LogP contribution in [-0.2, 0) is 9.53 Å². The molecule has 27 heavy (non-hydrogen) atoms. The van der Waals surface area contributed by atoms with Crippen LogP contribution in [0.1, 0.15) is 10.4 Å². The van der Waals surface area contributed by atoms with Crippen molar-refractivity contribution in [3.8, 4) is 0 Å². The largest absolute Gasteiger partial charge is 0.378 e. The lowest BCUT2D eigenvalue weighted by Crippen LogP contribution is -2.37. The number of anilines is 2. The van der Waals surface area contributed by atoms with Gasteiger partial charge in [0, 0.05) is 23.1 Å². The summed E-state index contributed by atoms with van der Waals surface area (Å²) in [7, 11) is 0. The van der Waals surface area contributed by atoms with Gasteiger partial charge in [-0.2, -0.15) is 0 Å². The van der Waals surface area contributed by atoms with Crippen LogP contribution in [0.3, 0.4) is 0 Å². The molecule has 142 valence electrons. The zero-order valence-corrected chi connectivity index (χ0v) is 16.8. The first-order valence-electron chi connectivity index (χ1n) is 8.49. The molecule has 0 spiro atoms. The zero-order valence-electron chi connectivity index (χ0n) is 14.5. The number of amides is 2. The number of morpholine rings is 1.